The van der Waals surface area contributed by atoms with E-state index >= 15 is 0 Å². The number of hydrogen-bond acceptors (Lipinski definition) is 3. The number of hydrogen-bond donors (Lipinski definition) is 0. The first-order valence-corrected chi connectivity index (χ1v) is 18.5. The Labute approximate surface area is 319 Å². The van der Waals surface area contributed by atoms with E-state index < -0.39 is 0 Å². The number of nitrogens with zero attached hydrogens (tertiary/aromatic N) is 4. The highest BCUT2D eigenvalue weighted by atomic mass is 15.3. The molecule has 0 N–H and O–H groups in total. The van der Waals surface area contributed by atoms with Crippen molar-refractivity contribution in [2.45, 2.75) is 0 Å². The van der Waals surface area contributed by atoms with Gasteiger partial charge in [-0.1, -0.05) is 188 Å². The molecule has 0 aliphatic carbocycles. The summed E-state index contributed by atoms with van der Waals surface area (Å²) in [5.41, 5.74) is 13.5. The molecule has 4 heteroatoms. The highest BCUT2D eigenvalue weighted by Crippen LogP contribution is 2.48. The molecule has 0 saturated carbocycles. The van der Waals surface area contributed by atoms with E-state index in [9.17, 15) is 0 Å². The van der Waals surface area contributed by atoms with Gasteiger partial charge in [-0.3, -0.25) is 0 Å². The van der Waals surface area contributed by atoms with Crippen LogP contribution in [-0.4, -0.2) is 19.7 Å². The highest BCUT2D eigenvalue weighted by molar-refractivity contribution is 6.24. The largest absolute Gasteiger partial charge is 0.232 e. The second-order valence-electron chi connectivity index (χ2n) is 13.6. The van der Waals surface area contributed by atoms with Crippen molar-refractivity contribution in [3.8, 4) is 73.1 Å². The molecule has 0 aliphatic rings. The maximum atomic E-state index is 5.42. The Balaban J connectivity index is 1.23. The van der Waals surface area contributed by atoms with Gasteiger partial charge in [0.05, 0.1) is 22.6 Å². The minimum atomic E-state index is 0.702. The van der Waals surface area contributed by atoms with E-state index in [1.54, 1.807) is 0 Å². The summed E-state index contributed by atoms with van der Waals surface area (Å²) in [6.07, 6.45) is 0. The third-order valence-electron chi connectivity index (χ3n) is 10.2. The molecule has 258 valence electrons. The molecule has 10 rings (SSSR count). The number of rotatable bonds is 7. The van der Waals surface area contributed by atoms with Crippen LogP contribution in [0.3, 0.4) is 0 Å². The molecular formula is C51H34N4. The van der Waals surface area contributed by atoms with Crippen molar-refractivity contribution in [3.63, 3.8) is 0 Å². The van der Waals surface area contributed by atoms with E-state index in [-0.39, 0.29) is 0 Å². The zero-order valence-electron chi connectivity index (χ0n) is 29.9. The Kier molecular flexibility index (Phi) is 8.12. The average Bonchev–Trinajstić information content (AvgIpc) is 3.68. The Hall–Kier alpha value is -7.43. The third-order valence-corrected chi connectivity index (χ3v) is 10.2. The fourth-order valence-electron chi connectivity index (χ4n) is 7.69. The third kappa shape index (κ3) is 5.87. The molecule has 4 nitrogen and oxygen atoms in total. The predicted octanol–water partition coefficient (Wildman–Crippen LogP) is 13.0. The van der Waals surface area contributed by atoms with E-state index in [0.29, 0.717) is 5.82 Å². The molecule has 0 aliphatic heterocycles. The summed E-state index contributed by atoms with van der Waals surface area (Å²) < 4.78 is 2.13. The summed E-state index contributed by atoms with van der Waals surface area (Å²) in [5, 5.41) is 8.85. The molecule has 0 fully saturated rings. The molecule has 0 unspecified atom stereocenters. The fourth-order valence-corrected chi connectivity index (χ4v) is 7.69. The fraction of sp³-hybridized carbons (Fsp3) is 0. The molecular weight excluding hydrogens is 669 g/mol. The lowest BCUT2D eigenvalue weighted by Gasteiger charge is -2.18. The van der Waals surface area contributed by atoms with Crippen molar-refractivity contribution in [2.75, 3.05) is 0 Å². The van der Waals surface area contributed by atoms with Gasteiger partial charge < -0.3 is 0 Å². The lowest BCUT2D eigenvalue weighted by atomic mass is 9.85. The van der Waals surface area contributed by atoms with Gasteiger partial charge in [0, 0.05) is 38.6 Å². The predicted molar refractivity (Wildman–Crippen MR) is 227 cm³/mol. The van der Waals surface area contributed by atoms with Gasteiger partial charge in [-0.25, -0.2) is 14.6 Å². The van der Waals surface area contributed by atoms with E-state index in [4.69, 9.17) is 15.1 Å². The Morgan fingerprint density at radius 1 is 0.345 bits per heavy atom. The number of para-hydroxylation sites is 1. The number of benzene rings is 8. The van der Waals surface area contributed by atoms with Gasteiger partial charge in [0.15, 0.2) is 5.82 Å². The summed E-state index contributed by atoms with van der Waals surface area (Å²) in [5.74, 6) is 0.702. The van der Waals surface area contributed by atoms with Crippen LogP contribution in [0.25, 0.3) is 94.8 Å². The Morgan fingerprint density at radius 2 is 0.782 bits per heavy atom. The van der Waals surface area contributed by atoms with Crippen molar-refractivity contribution in [1.82, 2.24) is 19.7 Å². The van der Waals surface area contributed by atoms with Crippen molar-refractivity contribution in [1.29, 1.82) is 0 Å². The van der Waals surface area contributed by atoms with E-state index in [1.807, 2.05) is 36.4 Å². The van der Waals surface area contributed by atoms with Gasteiger partial charge in [0.1, 0.15) is 5.69 Å². The van der Waals surface area contributed by atoms with Crippen LogP contribution < -0.4 is 0 Å². The zero-order chi connectivity index (χ0) is 36.6. The lowest BCUT2D eigenvalue weighted by Crippen LogP contribution is -1.98. The minimum absolute atomic E-state index is 0.702. The number of fused-ring (bicyclic) bond motifs is 3. The Bertz CT molecular complexity index is 2870. The summed E-state index contributed by atoms with van der Waals surface area (Å²) in [6, 6.07) is 72.0. The van der Waals surface area contributed by atoms with Crippen LogP contribution in [0.2, 0.25) is 0 Å². The molecule has 2 heterocycles. The van der Waals surface area contributed by atoms with Gasteiger partial charge in [-0.2, -0.15) is 5.10 Å². The van der Waals surface area contributed by atoms with Crippen molar-refractivity contribution < 1.29 is 0 Å². The zero-order valence-corrected chi connectivity index (χ0v) is 29.9. The van der Waals surface area contributed by atoms with Crippen LogP contribution >= 0.6 is 0 Å². The first-order chi connectivity index (χ1) is 27.3. The first kappa shape index (κ1) is 32.2. The highest BCUT2D eigenvalue weighted by Gasteiger charge is 2.25. The van der Waals surface area contributed by atoms with Crippen LogP contribution in [0.15, 0.2) is 206 Å². The molecule has 0 spiro atoms. The number of aromatic nitrogens is 4. The van der Waals surface area contributed by atoms with Crippen LogP contribution in [0.5, 0.6) is 0 Å². The van der Waals surface area contributed by atoms with Gasteiger partial charge in [-0.15, -0.1) is 0 Å². The van der Waals surface area contributed by atoms with Crippen molar-refractivity contribution in [3.05, 3.63) is 206 Å². The van der Waals surface area contributed by atoms with Crippen LogP contribution in [0, 0.1) is 0 Å². The average molecular weight is 703 g/mol. The molecule has 2 aromatic heterocycles. The standard InChI is InChI=1S/C51H34N4/c1-6-18-35(19-7-1)44-34-45(53-51(52-44)40-24-12-4-13-25-40)36-30-32-38(33-31-36)46-42-28-16-17-29-43(42)50-48(47(46)37-20-8-2-9-21-37)49(39-22-10-3-11-23-39)54-55(50)41-26-14-5-15-27-41/h1-34H. The Morgan fingerprint density at radius 3 is 1.38 bits per heavy atom. The van der Waals surface area contributed by atoms with Gasteiger partial charge in [-0.05, 0) is 40.3 Å². The summed E-state index contributed by atoms with van der Waals surface area (Å²) in [4.78, 5) is 10.1. The summed E-state index contributed by atoms with van der Waals surface area (Å²) in [6.45, 7) is 0. The van der Waals surface area contributed by atoms with Crippen molar-refractivity contribution >= 4 is 21.7 Å². The van der Waals surface area contributed by atoms with E-state index in [0.717, 1.165) is 83.4 Å². The van der Waals surface area contributed by atoms with Gasteiger partial charge in [0.25, 0.3) is 0 Å². The van der Waals surface area contributed by atoms with E-state index in [2.05, 4.69) is 175 Å². The summed E-state index contributed by atoms with van der Waals surface area (Å²) >= 11 is 0. The van der Waals surface area contributed by atoms with Gasteiger partial charge >= 0.3 is 0 Å². The molecule has 0 atom stereocenters. The molecule has 0 saturated heterocycles. The van der Waals surface area contributed by atoms with Crippen LogP contribution in [0.1, 0.15) is 0 Å². The maximum absolute atomic E-state index is 5.42. The van der Waals surface area contributed by atoms with E-state index in [1.165, 1.54) is 5.56 Å². The molecule has 0 bridgehead atoms. The minimum Gasteiger partial charge on any atom is -0.232 e. The second-order valence-corrected chi connectivity index (χ2v) is 13.6. The molecule has 8 aromatic carbocycles. The first-order valence-electron chi connectivity index (χ1n) is 18.5. The second kappa shape index (κ2) is 13.8. The normalized spacial score (nSPS) is 11.3. The van der Waals surface area contributed by atoms with Crippen molar-refractivity contribution in [2.24, 2.45) is 0 Å². The molecule has 55 heavy (non-hydrogen) atoms. The van der Waals surface area contributed by atoms with Crippen LogP contribution in [0.4, 0.5) is 0 Å². The maximum Gasteiger partial charge on any atom is 0.160 e. The van der Waals surface area contributed by atoms with Gasteiger partial charge in [0.2, 0.25) is 0 Å². The lowest BCUT2D eigenvalue weighted by molar-refractivity contribution is 0.918. The smallest absolute Gasteiger partial charge is 0.160 e. The quantitative estimate of drug-likeness (QED) is 0.166. The topological polar surface area (TPSA) is 43.6 Å². The molecule has 0 radical (unpaired) electrons. The van der Waals surface area contributed by atoms with Crippen LogP contribution in [-0.2, 0) is 0 Å². The monoisotopic (exact) mass is 702 g/mol. The molecule has 0 amide bonds. The molecule has 10 aromatic rings. The SMILES string of the molecule is c1ccc(-c2cc(-c3ccc(-c4c(-c5ccccc5)c5c(-c6ccccc6)nn(-c6ccccc6)c5c5ccccc45)cc3)nc(-c3ccccc3)n2)cc1. The summed E-state index contributed by atoms with van der Waals surface area (Å²) in [7, 11) is 0.